The highest BCUT2D eigenvalue weighted by atomic mass is 79.9. The summed E-state index contributed by atoms with van der Waals surface area (Å²) in [4.78, 5) is 4.37. The monoisotopic (exact) mass is 272 g/mol. The van der Waals surface area contributed by atoms with Crippen LogP contribution < -0.4 is 0 Å². The Kier molecular flexibility index (Phi) is 2.26. The fraction of sp³-hybridized carbons (Fsp3) is 0. The average Bonchev–Trinajstić information content (AvgIpc) is 2.72. The van der Waals surface area contributed by atoms with Gasteiger partial charge in [-0.2, -0.15) is 0 Å². The van der Waals surface area contributed by atoms with Crippen molar-refractivity contribution < 1.29 is 0 Å². The molecule has 2 aromatic heterocycles. The molecule has 78 valence electrons. The van der Waals surface area contributed by atoms with Crippen molar-refractivity contribution in [3.63, 3.8) is 0 Å². The Morgan fingerprint density at radius 3 is 2.81 bits per heavy atom. The summed E-state index contributed by atoms with van der Waals surface area (Å²) in [6.07, 6.45) is 3.84. The minimum Gasteiger partial charge on any atom is -0.301 e. The zero-order chi connectivity index (χ0) is 11.0. The molecule has 0 amide bonds. The van der Waals surface area contributed by atoms with Gasteiger partial charge in [0.25, 0.3) is 0 Å². The van der Waals surface area contributed by atoms with Crippen LogP contribution in [0, 0.1) is 0 Å². The zero-order valence-corrected chi connectivity index (χ0v) is 10.1. The molecule has 0 aliphatic heterocycles. The Hall–Kier alpha value is -1.61. The molecule has 1 aromatic carbocycles. The number of hydrogen-bond acceptors (Lipinski definition) is 1. The largest absolute Gasteiger partial charge is 0.301 e. The molecule has 3 heteroatoms. The molecule has 0 spiro atoms. The molecule has 3 aromatic rings. The van der Waals surface area contributed by atoms with E-state index in [1.54, 1.807) is 6.20 Å². The second-order valence-corrected chi connectivity index (χ2v) is 4.49. The second kappa shape index (κ2) is 3.76. The van der Waals surface area contributed by atoms with Gasteiger partial charge in [-0.3, -0.25) is 0 Å². The van der Waals surface area contributed by atoms with Crippen LogP contribution in [-0.4, -0.2) is 9.55 Å². The van der Waals surface area contributed by atoms with Gasteiger partial charge in [-0.25, -0.2) is 4.98 Å². The molecular formula is C13H9BrN2. The summed E-state index contributed by atoms with van der Waals surface area (Å²) in [7, 11) is 0. The molecule has 0 saturated carbocycles. The van der Waals surface area contributed by atoms with Crippen LogP contribution in [0.3, 0.4) is 0 Å². The predicted molar refractivity (Wildman–Crippen MR) is 68.8 cm³/mol. The molecule has 0 aliphatic carbocycles. The molecule has 3 rings (SSSR count). The smallest absolute Gasteiger partial charge is 0.138 e. The van der Waals surface area contributed by atoms with Crippen molar-refractivity contribution in [3.8, 4) is 5.82 Å². The molecule has 0 fully saturated rings. The molecule has 0 aliphatic rings. The first-order chi connectivity index (χ1) is 7.84. The number of aromatic nitrogens is 2. The van der Waals surface area contributed by atoms with Crippen molar-refractivity contribution in [2.75, 3.05) is 0 Å². The first-order valence-corrected chi connectivity index (χ1v) is 5.82. The van der Waals surface area contributed by atoms with Gasteiger partial charge in [0.05, 0.1) is 5.52 Å². The average molecular weight is 273 g/mol. The van der Waals surface area contributed by atoms with Crippen LogP contribution in [0.15, 0.2) is 59.3 Å². The van der Waals surface area contributed by atoms with Crippen molar-refractivity contribution in [2.24, 2.45) is 0 Å². The van der Waals surface area contributed by atoms with Gasteiger partial charge in [0.2, 0.25) is 0 Å². The van der Waals surface area contributed by atoms with E-state index in [-0.39, 0.29) is 0 Å². The number of rotatable bonds is 1. The maximum Gasteiger partial charge on any atom is 0.138 e. The maximum atomic E-state index is 4.37. The molecule has 16 heavy (non-hydrogen) atoms. The molecule has 0 radical (unpaired) electrons. The van der Waals surface area contributed by atoms with Crippen molar-refractivity contribution in [1.29, 1.82) is 0 Å². The van der Waals surface area contributed by atoms with Crippen LogP contribution in [0.25, 0.3) is 16.7 Å². The summed E-state index contributed by atoms with van der Waals surface area (Å²) in [6.45, 7) is 0. The fourth-order valence-electron chi connectivity index (χ4n) is 1.81. The predicted octanol–water partition coefficient (Wildman–Crippen LogP) is 3.79. The maximum absolute atomic E-state index is 4.37. The van der Waals surface area contributed by atoms with E-state index in [1.807, 2.05) is 30.5 Å². The molecule has 0 unspecified atom stereocenters. The van der Waals surface area contributed by atoms with Crippen LogP contribution >= 0.6 is 15.9 Å². The number of halogens is 1. The minimum absolute atomic E-state index is 0.926. The van der Waals surface area contributed by atoms with Crippen molar-refractivity contribution >= 4 is 26.8 Å². The van der Waals surface area contributed by atoms with Gasteiger partial charge in [-0.15, -0.1) is 0 Å². The normalized spacial score (nSPS) is 10.8. The summed E-state index contributed by atoms with van der Waals surface area (Å²) >= 11 is 3.46. The van der Waals surface area contributed by atoms with E-state index in [9.17, 15) is 0 Å². The number of fused-ring (bicyclic) bond motifs is 1. The van der Waals surface area contributed by atoms with E-state index in [2.05, 4.69) is 43.7 Å². The third-order valence-corrected chi connectivity index (χ3v) is 3.05. The highest BCUT2D eigenvalue weighted by Gasteiger charge is 2.03. The molecule has 0 bridgehead atoms. The Morgan fingerprint density at radius 2 is 1.94 bits per heavy atom. The lowest BCUT2D eigenvalue weighted by molar-refractivity contribution is 1.04. The van der Waals surface area contributed by atoms with Gasteiger partial charge < -0.3 is 4.57 Å². The van der Waals surface area contributed by atoms with Crippen molar-refractivity contribution in [2.45, 2.75) is 0 Å². The topological polar surface area (TPSA) is 17.8 Å². The van der Waals surface area contributed by atoms with E-state index in [0.717, 1.165) is 10.3 Å². The van der Waals surface area contributed by atoms with Gasteiger partial charge in [-0.1, -0.05) is 34.1 Å². The molecule has 0 saturated heterocycles. The highest BCUT2D eigenvalue weighted by Crippen LogP contribution is 2.20. The third kappa shape index (κ3) is 1.53. The van der Waals surface area contributed by atoms with E-state index in [0.29, 0.717) is 0 Å². The molecule has 0 atom stereocenters. The SMILES string of the molecule is Brc1ccnc(-n2ccc3ccccc32)c1. The molecule has 2 nitrogen and oxygen atoms in total. The highest BCUT2D eigenvalue weighted by molar-refractivity contribution is 9.10. The van der Waals surface area contributed by atoms with E-state index in [4.69, 9.17) is 0 Å². The number of benzene rings is 1. The van der Waals surface area contributed by atoms with Gasteiger partial charge in [0.1, 0.15) is 5.82 Å². The Bertz CT molecular complexity index is 643. The lowest BCUT2D eigenvalue weighted by atomic mass is 10.2. The molecule has 2 heterocycles. The van der Waals surface area contributed by atoms with E-state index in [1.165, 1.54) is 10.9 Å². The summed E-state index contributed by atoms with van der Waals surface area (Å²) in [6, 6.07) is 14.3. The molecule has 0 N–H and O–H groups in total. The van der Waals surface area contributed by atoms with Crippen LogP contribution in [0.1, 0.15) is 0 Å². The van der Waals surface area contributed by atoms with E-state index >= 15 is 0 Å². The van der Waals surface area contributed by atoms with Crippen LogP contribution in [0.5, 0.6) is 0 Å². The summed E-state index contributed by atoms with van der Waals surface area (Å²) in [5.74, 6) is 0.926. The van der Waals surface area contributed by atoms with E-state index < -0.39 is 0 Å². The van der Waals surface area contributed by atoms with Gasteiger partial charge in [0, 0.05) is 16.9 Å². The van der Waals surface area contributed by atoms with Gasteiger partial charge in [0.15, 0.2) is 0 Å². The molecular weight excluding hydrogens is 264 g/mol. The van der Waals surface area contributed by atoms with Crippen LogP contribution in [0.2, 0.25) is 0 Å². The quantitative estimate of drug-likeness (QED) is 0.659. The second-order valence-electron chi connectivity index (χ2n) is 3.58. The van der Waals surface area contributed by atoms with Crippen LogP contribution in [0.4, 0.5) is 0 Å². The number of hydrogen-bond donors (Lipinski definition) is 0. The zero-order valence-electron chi connectivity index (χ0n) is 8.47. The Balaban J connectivity index is 2.26. The summed E-state index contributed by atoms with van der Waals surface area (Å²) < 4.78 is 3.12. The number of nitrogens with zero attached hydrogens (tertiary/aromatic N) is 2. The lowest BCUT2D eigenvalue weighted by Gasteiger charge is -2.04. The fourth-order valence-corrected chi connectivity index (χ4v) is 2.13. The lowest BCUT2D eigenvalue weighted by Crippen LogP contribution is -1.94. The first kappa shape index (κ1) is 9.60. The summed E-state index contributed by atoms with van der Waals surface area (Å²) in [5.41, 5.74) is 1.17. The van der Waals surface area contributed by atoms with Gasteiger partial charge >= 0.3 is 0 Å². The minimum atomic E-state index is 0.926. The third-order valence-electron chi connectivity index (χ3n) is 2.55. The number of pyridine rings is 1. The number of para-hydroxylation sites is 1. The summed E-state index contributed by atoms with van der Waals surface area (Å²) in [5, 5.41) is 1.23. The van der Waals surface area contributed by atoms with Gasteiger partial charge in [-0.05, 0) is 29.7 Å². The standard InChI is InChI=1S/C13H9BrN2/c14-11-5-7-15-13(9-11)16-8-6-10-3-1-2-4-12(10)16/h1-9H. The Labute approximate surface area is 102 Å². The Morgan fingerprint density at radius 1 is 1.06 bits per heavy atom. The van der Waals surface area contributed by atoms with Crippen molar-refractivity contribution in [1.82, 2.24) is 9.55 Å². The van der Waals surface area contributed by atoms with Crippen molar-refractivity contribution in [3.05, 3.63) is 59.3 Å². The first-order valence-electron chi connectivity index (χ1n) is 5.02. The van der Waals surface area contributed by atoms with Crippen LogP contribution in [-0.2, 0) is 0 Å².